The molecule has 1 atom stereocenters. The molecule has 0 unspecified atom stereocenters. The standard InChI is InChI=1S/C28H26FN5O4/c1-17-25(27(35)33-23-14-22(36-2)12-13-24(23)37-3)26(34-28(32-17)30-16-31-34)19-6-10-21(11-7-19)38-15-18-4-8-20(29)9-5-18/h4-14,16,26H,15H2,1-3H3,(H,33,35)(H,30,31,32)/t26-/m0/s1. The van der Waals surface area contributed by atoms with Gasteiger partial charge in [0.05, 0.1) is 25.5 Å². The van der Waals surface area contributed by atoms with Crippen molar-refractivity contribution in [3.63, 3.8) is 0 Å². The van der Waals surface area contributed by atoms with Crippen molar-refractivity contribution in [1.29, 1.82) is 0 Å². The number of carbonyl (C=O) groups is 1. The van der Waals surface area contributed by atoms with Crippen molar-refractivity contribution in [2.24, 2.45) is 0 Å². The number of fused-ring (bicyclic) bond motifs is 1. The zero-order chi connectivity index (χ0) is 26.6. The van der Waals surface area contributed by atoms with Crippen LogP contribution in [-0.2, 0) is 11.4 Å². The number of hydrogen-bond acceptors (Lipinski definition) is 7. The van der Waals surface area contributed by atoms with Crippen molar-refractivity contribution in [2.45, 2.75) is 19.6 Å². The molecule has 2 N–H and O–H groups in total. The number of allylic oxidation sites excluding steroid dienone is 1. The monoisotopic (exact) mass is 515 g/mol. The maximum Gasteiger partial charge on any atom is 0.255 e. The summed E-state index contributed by atoms with van der Waals surface area (Å²) < 4.78 is 31.4. The van der Waals surface area contributed by atoms with Crippen LogP contribution in [-0.4, -0.2) is 34.9 Å². The molecule has 1 amide bonds. The third-order valence-electron chi connectivity index (χ3n) is 6.21. The second-order valence-electron chi connectivity index (χ2n) is 8.60. The van der Waals surface area contributed by atoms with Crippen LogP contribution >= 0.6 is 0 Å². The van der Waals surface area contributed by atoms with E-state index in [-0.39, 0.29) is 11.7 Å². The maximum atomic E-state index is 13.7. The largest absolute Gasteiger partial charge is 0.497 e. The number of benzene rings is 3. The van der Waals surface area contributed by atoms with Gasteiger partial charge in [0.25, 0.3) is 5.91 Å². The Labute approximate surface area is 218 Å². The van der Waals surface area contributed by atoms with Gasteiger partial charge >= 0.3 is 0 Å². The Balaban J connectivity index is 1.42. The molecule has 9 nitrogen and oxygen atoms in total. The number of rotatable bonds is 8. The minimum atomic E-state index is -0.545. The maximum absolute atomic E-state index is 13.7. The highest BCUT2D eigenvalue weighted by molar-refractivity contribution is 6.06. The number of nitrogens with one attached hydrogen (secondary N) is 2. The number of methoxy groups -OCH3 is 2. The smallest absolute Gasteiger partial charge is 0.255 e. The van der Waals surface area contributed by atoms with Gasteiger partial charge in [0.2, 0.25) is 5.95 Å². The molecular formula is C28H26FN5O4. The van der Waals surface area contributed by atoms with Gasteiger partial charge in [-0.1, -0.05) is 24.3 Å². The lowest BCUT2D eigenvalue weighted by molar-refractivity contribution is -0.113. The van der Waals surface area contributed by atoms with Gasteiger partial charge in [-0.2, -0.15) is 10.1 Å². The highest BCUT2D eigenvalue weighted by Gasteiger charge is 2.33. The first-order valence-corrected chi connectivity index (χ1v) is 11.8. The molecule has 0 saturated carbocycles. The molecule has 1 aliphatic rings. The van der Waals surface area contributed by atoms with Crippen LogP contribution in [0.4, 0.5) is 16.0 Å². The Bertz CT molecular complexity index is 1480. The van der Waals surface area contributed by atoms with Gasteiger partial charge in [-0.05, 0) is 54.4 Å². The van der Waals surface area contributed by atoms with E-state index in [4.69, 9.17) is 14.2 Å². The minimum absolute atomic E-state index is 0.291. The van der Waals surface area contributed by atoms with Crippen LogP contribution in [0.1, 0.15) is 24.1 Å². The number of aromatic nitrogens is 3. The van der Waals surface area contributed by atoms with E-state index in [1.807, 2.05) is 31.2 Å². The average molecular weight is 516 g/mol. The fourth-order valence-corrected chi connectivity index (χ4v) is 4.29. The molecule has 194 valence electrons. The van der Waals surface area contributed by atoms with E-state index < -0.39 is 6.04 Å². The van der Waals surface area contributed by atoms with Crippen molar-refractivity contribution in [2.75, 3.05) is 24.9 Å². The van der Waals surface area contributed by atoms with Crippen molar-refractivity contribution < 1.29 is 23.4 Å². The van der Waals surface area contributed by atoms with E-state index in [0.29, 0.717) is 46.8 Å². The predicted octanol–water partition coefficient (Wildman–Crippen LogP) is 4.94. The summed E-state index contributed by atoms with van der Waals surface area (Å²) in [6, 6.07) is 18.2. The van der Waals surface area contributed by atoms with Crippen LogP contribution in [0.5, 0.6) is 17.2 Å². The van der Waals surface area contributed by atoms with E-state index in [0.717, 1.165) is 11.1 Å². The van der Waals surface area contributed by atoms with Gasteiger partial charge in [0.1, 0.15) is 42.0 Å². The van der Waals surface area contributed by atoms with Crippen molar-refractivity contribution in [3.8, 4) is 17.2 Å². The number of anilines is 2. The Morgan fingerprint density at radius 1 is 1.03 bits per heavy atom. The van der Waals surface area contributed by atoms with Gasteiger partial charge in [-0.15, -0.1) is 0 Å². The van der Waals surface area contributed by atoms with Gasteiger partial charge < -0.3 is 24.8 Å². The third-order valence-corrected chi connectivity index (χ3v) is 6.21. The Morgan fingerprint density at radius 2 is 1.76 bits per heavy atom. The van der Waals surface area contributed by atoms with Gasteiger partial charge in [-0.3, -0.25) is 4.79 Å². The molecular weight excluding hydrogens is 489 g/mol. The SMILES string of the molecule is COc1ccc(OC)c(NC(=O)C2=C(C)Nc3ncnn3[C@H]2c2ccc(OCc3ccc(F)cc3)cc2)c1. The fraction of sp³-hybridized carbons (Fsp3) is 0.179. The summed E-state index contributed by atoms with van der Waals surface area (Å²) in [5.74, 6) is 1.63. The molecule has 3 aromatic carbocycles. The number of halogens is 1. The Morgan fingerprint density at radius 3 is 2.47 bits per heavy atom. The summed E-state index contributed by atoms with van der Waals surface area (Å²) in [5.41, 5.74) is 3.25. The van der Waals surface area contributed by atoms with Crippen molar-refractivity contribution in [3.05, 3.63) is 101 Å². The summed E-state index contributed by atoms with van der Waals surface area (Å²) in [5, 5.41) is 10.5. The highest BCUT2D eigenvalue weighted by Crippen LogP contribution is 2.37. The van der Waals surface area contributed by atoms with Gasteiger partial charge in [-0.25, -0.2) is 9.07 Å². The molecule has 0 fully saturated rings. The lowest BCUT2D eigenvalue weighted by Gasteiger charge is -2.29. The molecule has 0 aliphatic carbocycles. The lowest BCUT2D eigenvalue weighted by atomic mass is 9.95. The Hall–Kier alpha value is -4.86. The average Bonchev–Trinajstić information content (AvgIpc) is 3.40. The molecule has 10 heteroatoms. The van der Waals surface area contributed by atoms with Gasteiger partial charge in [0.15, 0.2) is 0 Å². The summed E-state index contributed by atoms with van der Waals surface area (Å²) in [6.07, 6.45) is 1.44. The first-order valence-electron chi connectivity index (χ1n) is 11.8. The first-order chi connectivity index (χ1) is 18.5. The number of ether oxygens (including phenoxy) is 3. The van der Waals surface area contributed by atoms with Crippen LogP contribution in [0, 0.1) is 5.82 Å². The molecule has 0 bridgehead atoms. The van der Waals surface area contributed by atoms with Crippen molar-refractivity contribution in [1.82, 2.24) is 14.8 Å². The van der Waals surface area contributed by atoms with Crippen LogP contribution < -0.4 is 24.8 Å². The van der Waals surface area contributed by atoms with Crippen LogP contribution in [0.15, 0.2) is 84.3 Å². The number of amides is 1. The molecule has 1 aromatic heterocycles. The van der Waals surface area contributed by atoms with Crippen LogP contribution in [0.3, 0.4) is 0 Å². The first kappa shape index (κ1) is 24.8. The fourth-order valence-electron chi connectivity index (χ4n) is 4.29. The summed E-state index contributed by atoms with van der Waals surface area (Å²) in [6.45, 7) is 2.12. The zero-order valence-electron chi connectivity index (χ0n) is 21.1. The van der Waals surface area contributed by atoms with E-state index in [1.54, 1.807) is 42.1 Å². The number of nitrogens with zero attached hydrogens (tertiary/aromatic N) is 3. The quantitative estimate of drug-likeness (QED) is 0.343. The Kier molecular flexibility index (Phi) is 6.94. The minimum Gasteiger partial charge on any atom is -0.497 e. The summed E-state index contributed by atoms with van der Waals surface area (Å²) >= 11 is 0. The zero-order valence-corrected chi connectivity index (χ0v) is 21.1. The second-order valence-corrected chi connectivity index (χ2v) is 8.60. The molecule has 4 aromatic rings. The third kappa shape index (κ3) is 5.01. The van der Waals surface area contributed by atoms with Gasteiger partial charge in [0, 0.05) is 11.8 Å². The van der Waals surface area contributed by atoms with Crippen LogP contribution in [0.2, 0.25) is 0 Å². The van der Waals surface area contributed by atoms with E-state index in [2.05, 4.69) is 20.7 Å². The molecule has 5 rings (SSSR count). The normalized spacial score (nSPS) is 14.4. The number of hydrogen-bond donors (Lipinski definition) is 2. The predicted molar refractivity (Wildman–Crippen MR) is 140 cm³/mol. The van der Waals surface area contributed by atoms with Crippen molar-refractivity contribution >= 4 is 17.5 Å². The molecule has 1 aliphatic heterocycles. The molecule has 0 saturated heterocycles. The summed E-state index contributed by atoms with van der Waals surface area (Å²) in [4.78, 5) is 18.0. The van der Waals surface area contributed by atoms with Crippen LogP contribution in [0.25, 0.3) is 0 Å². The van der Waals surface area contributed by atoms with E-state index >= 15 is 0 Å². The van der Waals surface area contributed by atoms with E-state index in [9.17, 15) is 9.18 Å². The molecule has 2 heterocycles. The lowest BCUT2D eigenvalue weighted by Crippen LogP contribution is -2.31. The molecule has 0 radical (unpaired) electrons. The van der Waals surface area contributed by atoms with E-state index in [1.165, 1.54) is 25.6 Å². The summed E-state index contributed by atoms with van der Waals surface area (Å²) in [7, 11) is 3.09. The molecule has 0 spiro atoms. The second kappa shape index (κ2) is 10.6. The topological polar surface area (TPSA) is 99.5 Å². The molecule has 38 heavy (non-hydrogen) atoms. The number of carbonyl (C=O) groups excluding carboxylic acids is 1. The highest BCUT2D eigenvalue weighted by atomic mass is 19.1.